The van der Waals surface area contributed by atoms with E-state index in [9.17, 15) is 35.1 Å². The minimum absolute atomic E-state index is 0.0944. The lowest BCUT2D eigenvalue weighted by Crippen LogP contribution is -2.66. The molecule has 0 aromatic rings. The lowest BCUT2D eigenvalue weighted by atomic mass is 9.84. The highest BCUT2D eigenvalue weighted by Gasteiger charge is 2.78. The van der Waals surface area contributed by atoms with Crippen molar-refractivity contribution in [3.63, 3.8) is 0 Å². The number of hydrazine groups is 1. The molecule has 11 heteroatoms. The van der Waals surface area contributed by atoms with Gasteiger partial charge in [-0.1, -0.05) is 0 Å². The highest BCUT2D eigenvalue weighted by atomic mass is 19.4. The topological polar surface area (TPSA) is 39.1 Å². The van der Waals surface area contributed by atoms with Crippen LogP contribution in [0.5, 0.6) is 0 Å². The van der Waals surface area contributed by atoms with E-state index in [0.717, 1.165) is 0 Å². The first-order valence-electron chi connectivity index (χ1n) is 4.46. The maximum atomic E-state index is 13.4. The number of rotatable bonds is 1. The van der Waals surface area contributed by atoms with Crippen molar-refractivity contribution >= 4 is 0 Å². The summed E-state index contributed by atoms with van der Waals surface area (Å²) < 4.78 is 101. The van der Waals surface area contributed by atoms with Crippen LogP contribution in [0.4, 0.5) is 35.1 Å². The fraction of sp³-hybridized carbons (Fsp3) is 0.625. The minimum atomic E-state index is -6.33. The van der Waals surface area contributed by atoms with Gasteiger partial charge in [0.15, 0.2) is 0 Å². The summed E-state index contributed by atoms with van der Waals surface area (Å²) in [5.74, 6) is -5.92. The molecule has 1 atom stereocenters. The van der Waals surface area contributed by atoms with Crippen molar-refractivity contribution < 1.29 is 35.1 Å². The van der Waals surface area contributed by atoms with Gasteiger partial charge in [0.1, 0.15) is 0 Å². The third kappa shape index (κ3) is 1.90. The van der Waals surface area contributed by atoms with Gasteiger partial charge >= 0.3 is 18.3 Å². The summed E-state index contributed by atoms with van der Waals surface area (Å²) in [6, 6.07) is 0.436. The molecular formula is C8H5F8N3. The molecule has 0 radical (unpaired) electrons. The number of likely N-dealkylation sites (N-methyl/N-ethyl adjacent to an activating group) is 1. The van der Waals surface area contributed by atoms with Crippen LogP contribution in [0, 0.1) is 11.3 Å². The Balaban J connectivity index is 3.55. The number of nitrogens with zero attached hydrogens (tertiary/aromatic N) is 2. The summed E-state index contributed by atoms with van der Waals surface area (Å²) in [7, 11) is 0.484. The molecule has 0 fully saturated rings. The summed E-state index contributed by atoms with van der Waals surface area (Å²) in [6.45, 7) is 0. The molecule has 108 valence electrons. The molecule has 0 aromatic carbocycles. The van der Waals surface area contributed by atoms with Crippen LogP contribution in [-0.2, 0) is 0 Å². The Hall–Kier alpha value is -1.57. The molecule has 1 rings (SSSR count). The minimum Gasteiger partial charge on any atom is -0.324 e. The maximum Gasteiger partial charge on any atom is 0.456 e. The van der Waals surface area contributed by atoms with E-state index in [1.807, 2.05) is 0 Å². The fourth-order valence-electron chi connectivity index (χ4n) is 1.62. The molecule has 1 unspecified atom stereocenters. The van der Waals surface area contributed by atoms with E-state index in [-0.39, 0.29) is 11.2 Å². The highest BCUT2D eigenvalue weighted by Crippen LogP contribution is 2.53. The molecule has 1 N–H and O–H groups in total. The van der Waals surface area contributed by atoms with E-state index in [1.165, 1.54) is 0 Å². The fourth-order valence-corrected chi connectivity index (χ4v) is 1.62. The van der Waals surface area contributed by atoms with Gasteiger partial charge < -0.3 is 5.43 Å². The second kappa shape index (κ2) is 3.96. The van der Waals surface area contributed by atoms with Gasteiger partial charge in [-0.15, -0.1) is 0 Å². The number of hydrogen-bond donors (Lipinski definition) is 1. The molecule has 1 aliphatic heterocycles. The standard InChI is InChI=1S/C8H5F8N3/c1-19-5(3-17,7(12,13)8(14,15)16)4(2-18-19)6(9,10)11/h2,18H,1H3. The van der Waals surface area contributed by atoms with E-state index >= 15 is 0 Å². The van der Waals surface area contributed by atoms with E-state index in [2.05, 4.69) is 0 Å². The van der Waals surface area contributed by atoms with Crippen LogP contribution < -0.4 is 5.43 Å². The van der Waals surface area contributed by atoms with Gasteiger partial charge in [-0.3, -0.25) is 0 Å². The van der Waals surface area contributed by atoms with Crippen LogP contribution >= 0.6 is 0 Å². The van der Waals surface area contributed by atoms with Crippen molar-refractivity contribution in [2.24, 2.45) is 0 Å². The van der Waals surface area contributed by atoms with Crippen molar-refractivity contribution in [3.8, 4) is 6.07 Å². The number of alkyl halides is 8. The summed E-state index contributed by atoms with van der Waals surface area (Å²) in [4.78, 5) is 0. The second-order valence-electron chi connectivity index (χ2n) is 3.64. The Kier molecular flexibility index (Phi) is 3.23. The number of halogens is 8. The smallest absolute Gasteiger partial charge is 0.324 e. The molecule has 0 bridgehead atoms. The lowest BCUT2D eigenvalue weighted by molar-refractivity contribution is -0.314. The average molecular weight is 295 g/mol. The summed E-state index contributed by atoms with van der Waals surface area (Å²) >= 11 is 0. The Morgan fingerprint density at radius 1 is 1.16 bits per heavy atom. The van der Waals surface area contributed by atoms with Crippen LogP contribution in [0.1, 0.15) is 0 Å². The molecule has 0 saturated heterocycles. The number of nitrogens with one attached hydrogen (secondary N) is 1. The Labute approximate surface area is 101 Å². The second-order valence-corrected chi connectivity index (χ2v) is 3.64. The molecule has 0 amide bonds. The summed E-state index contributed by atoms with van der Waals surface area (Å²) in [5, 5.41) is 8.35. The van der Waals surface area contributed by atoms with Gasteiger partial charge in [-0.2, -0.15) is 45.4 Å². The number of nitriles is 1. The zero-order valence-corrected chi connectivity index (χ0v) is 9.00. The SMILES string of the molecule is CN1NC=C(C(F)(F)F)C1(C#N)C(F)(F)C(F)(F)F. The molecule has 0 spiro atoms. The van der Waals surface area contributed by atoms with Gasteiger partial charge in [-0.05, 0) is 0 Å². The predicted molar refractivity (Wildman–Crippen MR) is 44.4 cm³/mol. The quantitative estimate of drug-likeness (QED) is 0.755. The van der Waals surface area contributed by atoms with Gasteiger partial charge in [-0.25, -0.2) is 0 Å². The largest absolute Gasteiger partial charge is 0.456 e. The molecule has 0 aromatic heterocycles. The highest BCUT2D eigenvalue weighted by molar-refractivity contribution is 5.41. The Morgan fingerprint density at radius 2 is 1.63 bits per heavy atom. The van der Waals surface area contributed by atoms with Crippen LogP contribution in [0.2, 0.25) is 0 Å². The summed E-state index contributed by atoms with van der Waals surface area (Å²) in [5.41, 5.74) is -4.99. The van der Waals surface area contributed by atoms with Crippen LogP contribution in [0.15, 0.2) is 11.8 Å². The van der Waals surface area contributed by atoms with Crippen LogP contribution in [0.3, 0.4) is 0 Å². The molecule has 19 heavy (non-hydrogen) atoms. The number of hydrogen-bond acceptors (Lipinski definition) is 3. The first-order valence-corrected chi connectivity index (χ1v) is 4.46. The van der Waals surface area contributed by atoms with Gasteiger partial charge in [0, 0.05) is 13.2 Å². The Bertz CT molecular complexity index is 442. The van der Waals surface area contributed by atoms with E-state index < -0.39 is 29.4 Å². The molecule has 1 heterocycles. The monoisotopic (exact) mass is 295 g/mol. The molecular weight excluding hydrogens is 290 g/mol. The molecule has 3 nitrogen and oxygen atoms in total. The normalized spacial score (nSPS) is 25.8. The zero-order valence-electron chi connectivity index (χ0n) is 9.00. The van der Waals surface area contributed by atoms with Gasteiger partial charge in [0.2, 0.25) is 5.54 Å². The van der Waals surface area contributed by atoms with Crippen molar-refractivity contribution in [1.82, 2.24) is 10.4 Å². The van der Waals surface area contributed by atoms with Crippen molar-refractivity contribution in [1.29, 1.82) is 5.26 Å². The van der Waals surface area contributed by atoms with Crippen LogP contribution in [-0.4, -0.2) is 35.9 Å². The summed E-state index contributed by atoms with van der Waals surface area (Å²) in [6.07, 6.45) is -11.9. The predicted octanol–water partition coefficient (Wildman–Crippen LogP) is 2.34. The Morgan fingerprint density at radius 3 is 1.95 bits per heavy atom. The zero-order chi connectivity index (χ0) is 15.3. The van der Waals surface area contributed by atoms with E-state index in [1.54, 1.807) is 5.43 Å². The third-order valence-electron chi connectivity index (χ3n) is 2.57. The lowest BCUT2D eigenvalue weighted by Gasteiger charge is -2.38. The van der Waals surface area contributed by atoms with Crippen molar-refractivity contribution in [3.05, 3.63) is 11.8 Å². The third-order valence-corrected chi connectivity index (χ3v) is 2.57. The first kappa shape index (κ1) is 15.5. The molecule has 0 aliphatic carbocycles. The average Bonchev–Trinajstić information content (AvgIpc) is 2.54. The molecule has 1 aliphatic rings. The first-order chi connectivity index (χ1) is 8.32. The van der Waals surface area contributed by atoms with Crippen molar-refractivity contribution in [2.45, 2.75) is 23.8 Å². The maximum absolute atomic E-state index is 13.4. The van der Waals surface area contributed by atoms with E-state index in [0.29, 0.717) is 13.1 Å². The van der Waals surface area contributed by atoms with E-state index in [4.69, 9.17) is 5.26 Å². The van der Waals surface area contributed by atoms with Gasteiger partial charge in [0.05, 0.1) is 11.6 Å². The molecule has 0 saturated carbocycles. The van der Waals surface area contributed by atoms with Crippen LogP contribution in [0.25, 0.3) is 0 Å². The van der Waals surface area contributed by atoms with Gasteiger partial charge in [0.25, 0.3) is 0 Å². The van der Waals surface area contributed by atoms with Crippen molar-refractivity contribution in [2.75, 3.05) is 7.05 Å².